The van der Waals surface area contributed by atoms with Crippen molar-refractivity contribution < 1.29 is 51.7 Å². The lowest BCUT2D eigenvalue weighted by Crippen LogP contribution is -2.44. The van der Waals surface area contributed by atoms with Crippen molar-refractivity contribution in [2.24, 2.45) is 0 Å². The van der Waals surface area contributed by atoms with Crippen LogP contribution in [0.15, 0.2) is 0 Å². The second-order valence-electron chi connectivity index (χ2n) is 10.1. The van der Waals surface area contributed by atoms with Gasteiger partial charge >= 0.3 is 24.1 Å². The van der Waals surface area contributed by atoms with Crippen molar-refractivity contribution in [2.45, 2.75) is 83.6 Å². The van der Waals surface area contributed by atoms with Crippen LogP contribution in [0.3, 0.4) is 0 Å². The van der Waals surface area contributed by atoms with Gasteiger partial charge < -0.3 is 18.9 Å². The van der Waals surface area contributed by atoms with Gasteiger partial charge in [0.05, 0.1) is 27.3 Å². The summed E-state index contributed by atoms with van der Waals surface area (Å²) >= 11 is 0. The van der Waals surface area contributed by atoms with Crippen LogP contribution in [0.4, 0.5) is 18.4 Å². The highest BCUT2D eigenvalue weighted by atomic mass is 19.3. The molecule has 2 aliphatic rings. The van der Waals surface area contributed by atoms with Crippen molar-refractivity contribution in [3.05, 3.63) is 0 Å². The van der Waals surface area contributed by atoms with Gasteiger partial charge in [-0.15, -0.1) is 0 Å². The van der Waals surface area contributed by atoms with E-state index in [2.05, 4.69) is 9.47 Å². The van der Waals surface area contributed by atoms with Gasteiger partial charge in [-0.25, -0.2) is 28.0 Å². The van der Waals surface area contributed by atoms with E-state index in [0.717, 1.165) is 16.9 Å². The second-order valence-corrected chi connectivity index (χ2v) is 10.1. The molecule has 0 radical (unpaired) electrons. The average Bonchev–Trinajstić information content (AvgIpc) is 3.24. The minimum absolute atomic E-state index is 0.00802. The van der Waals surface area contributed by atoms with Gasteiger partial charge in [-0.2, -0.15) is 0 Å². The SMILES string of the molecule is COC(=O)[C@@H]1CC(=O)CN1C(=O)OC(C)(C)C.COC(=O)[C@@H]1CC(F)(F)CN1C(=O)OC(C)(C)C. The van der Waals surface area contributed by atoms with Gasteiger partial charge in [-0.05, 0) is 41.5 Å². The number of rotatable bonds is 2. The molecule has 13 heteroatoms. The number of carbonyl (C=O) groups excluding carboxylic acids is 5. The summed E-state index contributed by atoms with van der Waals surface area (Å²) in [5.74, 6) is -4.73. The first kappa shape index (κ1) is 30.0. The maximum atomic E-state index is 13.3. The fraction of sp³-hybridized carbons (Fsp3) is 0.773. The Bertz CT molecular complexity index is 834. The van der Waals surface area contributed by atoms with Gasteiger partial charge in [-0.1, -0.05) is 0 Å². The molecule has 0 aromatic rings. The first-order chi connectivity index (χ1) is 15.8. The first-order valence-electron chi connectivity index (χ1n) is 10.8. The van der Waals surface area contributed by atoms with Crippen molar-refractivity contribution in [3.63, 3.8) is 0 Å². The van der Waals surface area contributed by atoms with Gasteiger partial charge in [0.2, 0.25) is 0 Å². The van der Waals surface area contributed by atoms with Crippen LogP contribution in [0, 0.1) is 0 Å². The van der Waals surface area contributed by atoms with Gasteiger partial charge in [-0.3, -0.25) is 14.6 Å². The molecule has 0 bridgehead atoms. The smallest absolute Gasteiger partial charge is 0.411 e. The summed E-state index contributed by atoms with van der Waals surface area (Å²) in [6.45, 7) is 9.07. The largest absolute Gasteiger partial charge is 0.467 e. The molecule has 0 N–H and O–H groups in total. The van der Waals surface area contributed by atoms with Crippen molar-refractivity contribution >= 4 is 29.9 Å². The molecule has 2 fully saturated rings. The number of nitrogens with zero attached hydrogens (tertiary/aromatic N) is 2. The summed E-state index contributed by atoms with van der Waals surface area (Å²) < 4.78 is 45.6. The number of hydrogen-bond acceptors (Lipinski definition) is 9. The first-order valence-corrected chi connectivity index (χ1v) is 10.8. The number of halogens is 2. The van der Waals surface area contributed by atoms with Crippen molar-refractivity contribution in [1.82, 2.24) is 9.80 Å². The molecule has 35 heavy (non-hydrogen) atoms. The molecule has 0 aromatic heterocycles. The zero-order chi connectivity index (χ0) is 27.4. The highest BCUT2D eigenvalue weighted by molar-refractivity contribution is 5.95. The summed E-state index contributed by atoms with van der Waals surface area (Å²) in [5.41, 5.74) is -1.47. The molecule has 2 aliphatic heterocycles. The lowest BCUT2D eigenvalue weighted by molar-refractivity contribution is -0.146. The van der Waals surface area contributed by atoms with E-state index < -0.39 is 66.3 Å². The van der Waals surface area contributed by atoms with Gasteiger partial charge in [0.1, 0.15) is 23.3 Å². The normalized spacial score (nSPS) is 21.6. The Morgan fingerprint density at radius 1 is 0.829 bits per heavy atom. The molecule has 0 aromatic carbocycles. The standard InChI is InChI=1S/C11H17F2NO4.C11H17NO5/c1-10(2,3)18-9(16)14-6-11(12,13)5-7(14)8(15)17-4;1-11(2,3)17-10(15)12-6-7(13)5-8(12)9(14)16-4/h7H,5-6H2,1-4H3;8H,5-6H2,1-4H3/t7-;8-/m00/s1. The van der Waals surface area contributed by atoms with Crippen LogP contribution in [-0.2, 0) is 33.3 Å². The van der Waals surface area contributed by atoms with E-state index in [-0.39, 0.29) is 18.7 Å². The summed E-state index contributed by atoms with van der Waals surface area (Å²) in [6.07, 6.45) is -2.35. The lowest BCUT2D eigenvalue weighted by atomic mass is 10.2. The average molecular weight is 509 g/mol. The number of hydrogen-bond donors (Lipinski definition) is 0. The Morgan fingerprint density at radius 3 is 1.69 bits per heavy atom. The van der Waals surface area contributed by atoms with Gasteiger partial charge in [0.25, 0.3) is 5.92 Å². The summed E-state index contributed by atoms with van der Waals surface area (Å²) in [5, 5.41) is 0. The van der Waals surface area contributed by atoms with Crippen LogP contribution in [0.25, 0.3) is 0 Å². The minimum Gasteiger partial charge on any atom is -0.467 e. The Hall–Kier alpha value is -2.99. The van der Waals surface area contributed by atoms with Gasteiger partial charge in [0.15, 0.2) is 5.78 Å². The molecule has 11 nitrogen and oxygen atoms in total. The quantitative estimate of drug-likeness (QED) is 0.408. The minimum atomic E-state index is -3.10. The lowest BCUT2D eigenvalue weighted by Gasteiger charge is -2.26. The fourth-order valence-corrected chi connectivity index (χ4v) is 3.23. The zero-order valence-electron chi connectivity index (χ0n) is 21.3. The number of Topliss-reactive ketones (excluding diaryl/α,β-unsaturated/α-hetero) is 1. The van der Waals surface area contributed by atoms with Gasteiger partial charge in [0, 0.05) is 12.8 Å². The molecular formula is C22H34F2N2O9. The maximum absolute atomic E-state index is 13.3. The van der Waals surface area contributed by atoms with E-state index in [1.54, 1.807) is 41.5 Å². The molecule has 2 atom stereocenters. The third kappa shape index (κ3) is 9.29. The number of ether oxygens (including phenoxy) is 4. The van der Waals surface area contributed by atoms with E-state index in [1.165, 1.54) is 7.11 Å². The Balaban J connectivity index is 0.000000351. The monoisotopic (exact) mass is 508 g/mol. The Labute approximate surface area is 203 Å². The molecule has 2 rings (SSSR count). The van der Waals surface area contributed by atoms with Crippen molar-refractivity contribution in [3.8, 4) is 0 Å². The molecule has 0 unspecified atom stereocenters. The number of carbonyl (C=O) groups is 5. The molecule has 2 heterocycles. The van der Waals surface area contributed by atoms with E-state index in [1.807, 2.05) is 0 Å². The molecule has 2 amide bonds. The third-order valence-corrected chi connectivity index (χ3v) is 4.62. The van der Waals surface area contributed by atoms with Crippen LogP contribution in [0.1, 0.15) is 54.4 Å². The molecule has 0 saturated carbocycles. The predicted octanol–water partition coefficient (Wildman–Crippen LogP) is 2.54. The number of alkyl halides is 2. The molecule has 2 saturated heterocycles. The van der Waals surface area contributed by atoms with E-state index in [4.69, 9.17) is 9.47 Å². The van der Waals surface area contributed by atoms with Crippen LogP contribution in [0.2, 0.25) is 0 Å². The number of methoxy groups -OCH3 is 2. The van der Waals surface area contributed by atoms with E-state index in [0.29, 0.717) is 0 Å². The van der Waals surface area contributed by atoms with Crippen LogP contribution >= 0.6 is 0 Å². The number of likely N-dealkylation sites (tertiary alicyclic amines) is 2. The van der Waals surface area contributed by atoms with Crippen LogP contribution < -0.4 is 0 Å². The predicted molar refractivity (Wildman–Crippen MR) is 117 cm³/mol. The highest BCUT2D eigenvalue weighted by Gasteiger charge is 2.51. The summed E-state index contributed by atoms with van der Waals surface area (Å²) in [4.78, 5) is 59.4. The zero-order valence-corrected chi connectivity index (χ0v) is 21.3. The second kappa shape index (κ2) is 11.2. The molecule has 0 aliphatic carbocycles. The fourth-order valence-electron chi connectivity index (χ4n) is 3.23. The number of amides is 2. The highest BCUT2D eigenvalue weighted by Crippen LogP contribution is 2.33. The number of ketones is 1. The Morgan fingerprint density at radius 2 is 1.26 bits per heavy atom. The Kier molecular flexibility index (Phi) is 9.58. The molecule has 200 valence electrons. The van der Waals surface area contributed by atoms with E-state index >= 15 is 0 Å². The topological polar surface area (TPSA) is 129 Å². The van der Waals surface area contributed by atoms with Crippen molar-refractivity contribution in [1.29, 1.82) is 0 Å². The maximum Gasteiger partial charge on any atom is 0.411 e. The van der Waals surface area contributed by atoms with Crippen molar-refractivity contribution in [2.75, 3.05) is 27.3 Å². The third-order valence-electron chi connectivity index (χ3n) is 4.62. The van der Waals surface area contributed by atoms with Crippen LogP contribution in [0.5, 0.6) is 0 Å². The molecular weight excluding hydrogens is 474 g/mol. The summed E-state index contributed by atoms with van der Waals surface area (Å²) in [6, 6.07) is -2.15. The number of esters is 2. The molecule has 0 spiro atoms. The van der Waals surface area contributed by atoms with E-state index in [9.17, 15) is 32.8 Å². The summed E-state index contributed by atoms with van der Waals surface area (Å²) in [7, 11) is 2.31. The van der Waals surface area contributed by atoms with Crippen LogP contribution in [-0.4, -0.2) is 96.2 Å².